The first kappa shape index (κ1) is 26.6. The van der Waals surface area contributed by atoms with Gasteiger partial charge in [-0.1, -0.05) is 18.6 Å². The van der Waals surface area contributed by atoms with Crippen LogP contribution in [-0.4, -0.2) is 55.2 Å². The van der Waals surface area contributed by atoms with Crippen LogP contribution in [0.15, 0.2) is 18.2 Å². The van der Waals surface area contributed by atoms with E-state index in [-0.39, 0.29) is 36.7 Å². The molecule has 1 heterocycles. The van der Waals surface area contributed by atoms with Crippen LogP contribution in [0.1, 0.15) is 67.3 Å². The third-order valence-electron chi connectivity index (χ3n) is 5.73. The molecule has 1 saturated carbocycles. The van der Waals surface area contributed by atoms with Crippen LogP contribution >= 0.6 is 0 Å². The van der Waals surface area contributed by atoms with E-state index in [0.717, 1.165) is 32.1 Å². The van der Waals surface area contributed by atoms with Crippen molar-refractivity contribution in [2.75, 3.05) is 6.79 Å². The Bertz CT molecular complexity index is 907. The van der Waals surface area contributed by atoms with Crippen molar-refractivity contribution in [3.8, 4) is 5.75 Å². The fourth-order valence-corrected chi connectivity index (χ4v) is 4.00. The molecule has 13 heteroatoms. The number of esters is 1. The maximum absolute atomic E-state index is 12.5. The van der Waals surface area contributed by atoms with Gasteiger partial charge in [-0.3, -0.25) is 4.79 Å². The number of hydrogen-bond donors (Lipinski definition) is 2. The van der Waals surface area contributed by atoms with Gasteiger partial charge in [0.2, 0.25) is 12.7 Å². The third kappa shape index (κ3) is 8.34. The molecule has 2 N–H and O–H groups in total. The molecule has 35 heavy (non-hydrogen) atoms. The van der Waals surface area contributed by atoms with Gasteiger partial charge in [-0.25, -0.2) is 9.59 Å². The lowest BCUT2D eigenvalue weighted by Gasteiger charge is -2.29. The Labute approximate surface area is 200 Å². The maximum Gasteiger partial charge on any atom is 0.547 e. The van der Waals surface area contributed by atoms with Crippen LogP contribution in [0.25, 0.3) is 0 Å². The van der Waals surface area contributed by atoms with E-state index < -0.39 is 50.5 Å². The smallest absolute Gasteiger partial charge is 0.534 e. The molecular weight excluding hydrogens is 474 g/mol. The summed E-state index contributed by atoms with van der Waals surface area (Å²) in [6.07, 6.45) is -2.65. The minimum Gasteiger partial charge on any atom is -0.534 e. The van der Waals surface area contributed by atoms with Gasteiger partial charge in [-0.2, -0.15) is 13.2 Å². The molecule has 1 aromatic rings. The van der Waals surface area contributed by atoms with E-state index >= 15 is 0 Å². The van der Waals surface area contributed by atoms with E-state index in [2.05, 4.69) is 5.32 Å². The van der Waals surface area contributed by atoms with E-state index in [4.69, 9.17) is 18.9 Å². The molecular formula is C22H27BF3NO8. The SMILES string of the molecule is O=C(CCCC(F)(F)F)NC1Cc2cccc(C(=O)OCOC(=O)OC3CCCCC3)c2OB1O. The molecule has 1 fully saturated rings. The van der Waals surface area contributed by atoms with Crippen molar-refractivity contribution in [1.29, 1.82) is 0 Å². The number of rotatable bonds is 8. The van der Waals surface area contributed by atoms with E-state index in [1.807, 2.05) is 0 Å². The molecule has 0 spiro atoms. The standard InChI is InChI=1S/C22H27BF3NO8/c24-22(25,26)11-5-10-18(28)27-17-12-14-6-4-9-16(19(14)35-23(17)31)20(29)32-13-33-21(30)34-15-7-2-1-3-8-15/h4,6,9,15,17,31H,1-3,5,7-8,10-13H2,(H,27,28). The highest BCUT2D eigenvalue weighted by Crippen LogP contribution is 2.31. The molecule has 2 aliphatic rings. The molecule has 0 aromatic heterocycles. The first-order valence-corrected chi connectivity index (χ1v) is 11.5. The van der Waals surface area contributed by atoms with E-state index in [1.165, 1.54) is 12.1 Å². The van der Waals surface area contributed by atoms with Crippen LogP contribution in [-0.2, 0) is 25.4 Å². The average Bonchev–Trinajstić information content (AvgIpc) is 2.79. The van der Waals surface area contributed by atoms with Crippen molar-refractivity contribution in [3.05, 3.63) is 29.3 Å². The fourth-order valence-electron chi connectivity index (χ4n) is 4.00. The molecule has 9 nitrogen and oxygen atoms in total. The molecule has 0 radical (unpaired) electrons. The summed E-state index contributed by atoms with van der Waals surface area (Å²) in [7, 11) is -1.54. The van der Waals surface area contributed by atoms with Gasteiger partial charge in [-0.05, 0) is 50.2 Å². The summed E-state index contributed by atoms with van der Waals surface area (Å²) >= 11 is 0. The van der Waals surface area contributed by atoms with Crippen molar-refractivity contribution in [1.82, 2.24) is 5.32 Å². The van der Waals surface area contributed by atoms with Gasteiger partial charge in [0.1, 0.15) is 17.4 Å². The number of hydrogen-bond acceptors (Lipinski definition) is 8. The van der Waals surface area contributed by atoms with Crippen molar-refractivity contribution in [3.63, 3.8) is 0 Å². The maximum atomic E-state index is 12.5. The van der Waals surface area contributed by atoms with Gasteiger partial charge < -0.3 is 29.2 Å². The van der Waals surface area contributed by atoms with Crippen LogP contribution in [0.5, 0.6) is 5.75 Å². The monoisotopic (exact) mass is 501 g/mol. The Kier molecular flexibility index (Phi) is 9.24. The number of benzene rings is 1. The van der Waals surface area contributed by atoms with Crippen molar-refractivity contribution in [2.24, 2.45) is 0 Å². The highest BCUT2D eigenvalue weighted by molar-refractivity contribution is 6.47. The molecule has 0 bridgehead atoms. The topological polar surface area (TPSA) is 120 Å². The molecule has 1 aliphatic carbocycles. The normalized spacial score (nSPS) is 18.2. The van der Waals surface area contributed by atoms with E-state index in [1.54, 1.807) is 6.07 Å². The Morgan fingerprint density at radius 3 is 2.60 bits per heavy atom. The Balaban J connectivity index is 1.49. The Morgan fingerprint density at radius 2 is 1.89 bits per heavy atom. The molecule has 192 valence electrons. The number of ether oxygens (including phenoxy) is 3. The van der Waals surface area contributed by atoms with E-state index in [0.29, 0.717) is 5.56 Å². The third-order valence-corrected chi connectivity index (χ3v) is 5.73. The van der Waals surface area contributed by atoms with Crippen molar-refractivity contribution < 1.29 is 51.4 Å². The highest BCUT2D eigenvalue weighted by Gasteiger charge is 2.38. The Hall–Kier alpha value is -2.96. The molecule has 0 saturated heterocycles. The summed E-state index contributed by atoms with van der Waals surface area (Å²) in [5.41, 5.74) is 0.448. The summed E-state index contributed by atoms with van der Waals surface area (Å²) in [6, 6.07) is 4.54. The zero-order valence-electron chi connectivity index (χ0n) is 19.0. The molecule has 3 rings (SSSR count). The van der Waals surface area contributed by atoms with Gasteiger partial charge >= 0.3 is 25.4 Å². The number of amides is 1. The second-order valence-corrected chi connectivity index (χ2v) is 8.47. The van der Waals surface area contributed by atoms with Crippen molar-refractivity contribution in [2.45, 2.75) is 76.0 Å². The van der Waals surface area contributed by atoms with Crippen LogP contribution in [0.2, 0.25) is 0 Å². The van der Waals surface area contributed by atoms with Gasteiger partial charge in [-0.15, -0.1) is 0 Å². The Morgan fingerprint density at radius 1 is 1.14 bits per heavy atom. The van der Waals surface area contributed by atoms with E-state index in [9.17, 15) is 32.6 Å². The van der Waals surface area contributed by atoms with Crippen LogP contribution in [0.3, 0.4) is 0 Å². The minimum atomic E-state index is -4.35. The largest absolute Gasteiger partial charge is 0.547 e. The molecule has 1 unspecified atom stereocenters. The van der Waals surface area contributed by atoms with Gasteiger partial charge in [0.15, 0.2) is 0 Å². The molecule has 1 amide bonds. The summed E-state index contributed by atoms with van der Waals surface area (Å²) in [5.74, 6) is -2.39. The average molecular weight is 501 g/mol. The second kappa shape index (κ2) is 12.1. The highest BCUT2D eigenvalue weighted by atomic mass is 19.4. The van der Waals surface area contributed by atoms with Gasteiger partial charge in [0.25, 0.3) is 0 Å². The van der Waals surface area contributed by atoms with Gasteiger partial charge in [0, 0.05) is 12.8 Å². The van der Waals surface area contributed by atoms with Crippen LogP contribution < -0.4 is 9.97 Å². The number of para-hydroxylation sites is 1. The lowest BCUT2D eigenvalue weighted by molar-refractivity contribution is -0.137. The molecule has 1 aromatic carbocycles. The molecule has 1 aliphatic heterocycles. The minimum absolute atomic E-state index is 0.0271. The fraction of sp³-hybridized carbons (Fsp3) is 0.591. The summed E-state index contributed by atoms with van der Waals surface area (Å²) in [6.45, 7) is -0.673. The lowest BCUT2D eigenvalue weighted by atomic mass is 9.72. The predicted octanol–water partition coefficient (Wildman–Crippen LogP) is 3.46. The first-order valence-electron chi connectivity index (χ1n) is 11.5. The lowest BCUT2D eigenvalue weighted by Crippen LogP contribution is -2.53. The number of halogens is 3. The number of carbonyl (C=O) groups is 3. The molecule has 1 atom stereocenters. The zero-order valence-corrected chi connectivity index (χ0v) is 19.0. The first-order chi connectivity index (χ1) is 16.6. The van der Waals surface area contributed by atoms with Crippen LogP contribution in [0.4, 0.5) is 18.0 Å². The zero-order chi connectivity index (χ0) is 25.4. The number of fused-ring (bicyclic) bond motifs is 1. The summed E-state index contributed by atoms with van der Waals surface area (Å²) in [4.78, 5) is 36.2. The van der Waals surface area contributed by atoms with Gasteiger partial charge in [0.05, 0.1) is 5.94 Å². The van der Waals surface area contributed by atoms with Crippen LogP contribution in [0, 0.1) is 0 Å². The van der Waals surface area contributed by atoms with Crippen molar-refractivity contribution >= 4 is 25.2 Å². The summed E-state index contributed by atoms with van der Waals surface area (Å²) < 4.78 is 57.1. The number of carbonyl (C=O) groups excluding carboxylic acids is 3. The number of nitrogens with one attached hydrogen (secondary N) is 1. The second-order valence-electron chi connectivity index (χ2n) is 8.47. The summed E-state index contributed by atoms with van der Waals surface area (Å²) in [5, 5.41) is 12.7. The predicted molar refractivity (Wildman–Crippen MR) is 115 cm³/mol. The number of alkyl halides is 3. The quantitative estimate of drug-likeness (QED) is 0.316.